The largest absolute Gasteiger partial charge is 0.492 e. The molecule has 16 heteroatoms. The van der Waals surface area contributed by atoms with Crippen LogP contribution in [-0.4, -0.2) is 92.7 Å². The second-order valence-electron chi connectivity index (χ2n) is 26.2. The summed E-state index contributed by atoms with van der Waals surface area (Å²) in [6.45, 7) is 20.9. The molecular weight excluding hydrogens is 1250 g/mol. The summed E-state index contributed by atoms with van der Waals surface area (Å²) in [5, 5.41) is 11.7. The van der Waals surface area contributed by atoms with Crippen molar-refractivity contribution >= 4 is 98.0 Å². The molecule has 100 heavy (non-hydrogen) atoms. The molecule has 0 spiro atoms. The first-order chi connectivity index (χ1) is 49.4. The number of benzene rings is 9. The van der Waals surface area contributed by atoms with Gasteiger partial charge in [0, 0.05) is 43.1 Å². The van der Waals surface area contributed by atoms with E-state index in [0.29, 0.717) is 189 Å². The van der Waals surface area contributed by atoms with Gasteiger partial charge in [-0.05, 0) is 74.3 Å². The number of nitrogens with one attached hydrogen (secondary N) is 2. The van der Waals surface area contributed by atoms with Crippen molar-refractivity contribution in [3.63, 3.8) is 0 Å². The van der Waals surface area contributed by atoms with E-state index in [0.717, 1.165) is 157 Å². The second kappa shape index (κ2) is 30.7. The smallest absolute Gasteiger partial charge is 0.168 e. The van der Waals surface area contributed by atoms with Crippen molar-refractivity contribution in [2.45, 2.75) is 158 Å². The summed E-state index contributed by atoms with van der Waals surface area (Å²) < 4.78 is 57.7. The topological polar surface area (TPSA) is 183 Å². The second-order valence-corrected chi connectivity index (χ2v) is 26.2. The lowest BCUT2D eigenvalue weighted by molar-refractivity contribution is 0.308. The first kappa shape index (κ1) is 67.2. The van der Waals surface area contributed by atoms with Gasteiger partial charge in [0.2, 0.25) is 0 Å². The average Bonchev–Trinajstić information content (AvgIpc) is 1.54. The van der Waals surface area contributed by atoms with E-state index in [9.17, 15) is 0 Å². The summed E-state index contributed by atoms with van der Waals surface area (Å²) in [4.78, 5) is 42.8. The molecule has 0 atom stereocenters. The normalized spacial score (nSPS) is 12.0. The quantitative estimate of drug-likeness (QED) is 0.0300. The number of aromatic amines is 2. The molecule has 0 unspecified atom stereocenters. The molecule has 3 aromatic heterocycles. The third-order valence-corrected chi connectivity index (χ3v) is 19.0. The molecule has 0 fully saturated rings. The van der Waals surface area contributed by atoms with Gasteiger partial charge in [-0.2, -0.15) is 0 Å². The minimum Gasteiger partial charge on any atom is -0.492 e. The van der Waals surface area contributed by atoms with Gasteiger partial charge in [-0.15, -0.1) is 0 Å². The number of nitrogens with zero attached hydrogens (tertiary/aromatic N) is 6. The Hall–Kier alpha value is -9.96. The van der Waals surface area contributed by atoms with Crippen molar-refractivity contribution in [2.24, 2.45) is 0 Å². The van der Waals surface area contributed by atoms with Gasteiger partial charge in [0.25, 0.3) is 0 Å². The molecule has 0 radical (unpaired) electrons. The third-order valence-electron chi connectivity index (χ3n) is 19.0. The number of fused-ring (bicyclic) bond motifs is 25. The average molecular weight is 1340 g/mol. The van der Waals surface area contributed by atoms with Crippen LogP contribution in [0.3, 0.4) is 0 Å². The van der Waals surface area contributed by atoms with E-state index in [2.05, 4.69) is 162 Å². The number of rotatable bonds is 32. The van der Waals surface area contributed by atoms with E-state index in [1.54, 1.807) is 0 Å². The van der Waals surface area contributed by atoms with Crippen LogP contribution in [0.4, 0.5) is 0 Å². The summed E-state index contributed by atoms with van der Waals surface area (Å²) >= 11 is 0. The Morgan fingerprint density at radius 1 is 0.240 bits per heavy atom. The maximum Gasteiger partial charge on any atom is 0.168 e. The molecule has 8 bridgehead atoms. The molecule has 0 saturated carbocycles. The van der Waals surface area contributed by atoms with E-state index >= 15 is 0 Å². The van der Waals surface area contributed by atoms with Crippen LogP contribution >= 0.6 is 0 Å². The summed E-state index contributed by atoms with van der Waals surface area (Å²) in [7, 11) is 0. The predicted octanol–water partition coefficient (Wildman–Crippen LogP) is 22.1. The lowest BCUT2D eigenvalue weighted by Crippen LogP contribution is -2.04. The minimum atomic E-state index is 0.346. The molecule has 2 aliphatic rings. The summed E-state index contributed by atoms with van der Waals surface area (Å²) in [6, 6.07) is 37.8. The van der Waals surface area contributed by atoms with Crippen LogP contribution in [-0.2, 0) is 0 Å². The van der Waals surface area contributed by atoms with Crippen LogP contribution in [0.5, 0.6) is 46.0 Å². The molecule has 2 aliphatic heterocycles. The molecule has 14 rings (SSSR count). The van der Waals surface area contributed by atoms with Gasteiger partial charge >= 0.3 is 0 Å². The number of aromatic nitrogens is 8. The maximum absolute atomic E-state index is 7.29. The van der Waals surface area contributed by atoms with E-state index in [1.807, 2.05) is 12.1 Å². The standard InChI is InChI=1S/C84H92N8O8/c1-9-17-41-93-69-53-35-27-28-36-54(53)70(94-42-18-10-2)62-61(69)77-85-78(62)87-80-64-66(74(98-46-22-14-6)58-40-32-30-38-56(58)72(64)96-44-20-12-4)82(89-80)91-84-68-67(75(99-47-23-15-7)59-49-51-33-25-26-34-52(51)50-60(59)76(68)100-48-24-16-8)83(92-84)90-81-65-63(79(86-77)88-81)71(95-43-19-11-3)55-37-29-31-39-57(55)73(65)97-45-21-13-5/h25-40,49-50H,9-24,41-48H2,1-8H3,(H2,85,86,87,88,89,90,91,92). The van der Waals surface area contributed by atoms with Crippen molar-refractivity contribution in [3.8, 4) is 91.5 Å². The van der Waals surface area contributed by atoms with Crippen molar-refractivity contribution < 1.29 is 37.9 Å². The lowest BCUT2D eigenvalue weighted by atomic mass is 9.95. The summed E-state index contributed by atoms with van der Waals surface area (Å²) in [5.74, 6) is 6.45. The maximum atomic E-state index is 7.29. The van der Waals surface area contributed by atoms with E-state index in [4.69, 9.17) is 67.8 Å². The number of H-pyrrole nitrogens is 2. The highest BCUT2D eigenvalue weighted by molar-refractivity contribution is 6.23. The molecule has 0 aliphatic carbocycles. The third kappa shape index (κ3) is 12.6. The fraction of sp³-hybridized carbons (Fsp3) is 0.381. The van der Waals surface area contributed by atoms with Crippen LogP contribution in [0, 0.1) is 0 Å². The number of unbranched alkanes of at least 4 members (excludes halogenated alkanes) is 8. The molecule has 516 valence electrons. The van der Waals surface area contributed by atoms with E-state index in [-0.39, 0.29) is 0 Å². The number of hydrogen-bond acceptors (Lipinski definition) is 14. The molecule has 2 N–H and O–H groups in total. The van der Waals surface area contributed by atoms with Crippen LogP contribution < -0.4 is 37.9 Å². The van der Waals surface area contributed by atoms with Gasteiger partial charge in [-0.3, -0.25) is 0 Å². The van der Waals surface area contributed by atoms with Gasteiger partial charge in [0.05, 0.1) is 96.7 Å². The Kier molecular flexibility index (Phi) is 20.6. The van der Waals surface area contributed by atoms with Crippen LogP contribution in [0.1, 0.15) is 158 Å². The first-order valence-corrected chi connectivity index (χ1v) is 37.0. The zero-order valence-corrected chi connectivity index (χ0v) is 59.3. The van der Waals surface area contributed by atoms with Crippen LogP contribution in [0.25, 0.3) is 144 Å². The molecule has 0 saturated heterocycles. The Morgan fingerprint density at radius 2 is 0.440 bits per heavy atom. The fourth-order valence-electron chi connectivity index (χ4n) is 13.7. The van der Waals surface area contributed by atoms with Gasteiger partial charge in [-0.1, -0.05) is 204 Å². The lowest BCUT2D eigenvalue weighted by Gasteiger charge is -2.19. The van der Waals surface area contributed by atoms with Crippen molar-refractivity contribution in [1.29, 1.82) is 0 Å². The SMILES string of the molecule is CCCCOc1c2c(c(OCCCC)c3ccccc13)-c1nc-2nc2[nH]c(nc3nc(nc4[nH]c(n1)c1c(OCCCC)c5ccccc5c(OCCCC)c41)-c1c-3c(OCCCC)c3cc4ccccc4cc3c1OCCCC)c1c(OCCCC)c3ccccc3c(OCCCC)c21. The van der Waals surface area contributed by atoms with Crippen molar-refractivity contribution in [1.82, 2.24) is 39.9 Å². The van der Waals surface area contributed by atoms with Crippen molar-refractivity contribution in [3.05, 3.63) is 109 Å². The van der Waals surface area contributed by atoms with Crippen molar-refractivity contribution in [2.75, 3.05) is 52.9 Å². The summed E-state index contributed by atoms with van der Waals surface area (Å²) in [5.41, 5.74) is 4.31. The zero-order chi connectivity index (χ0) is 68.6. The number of hydrogen-bond donors (Lipinski definition) is 2. The monoisotopic (exact) mass is 1340 g/mol. The first-order valence-electron chi connectivity index (χ1n) is 37.0. The number of ether oxygens (including phenoxy) is 8. The predicted molar refractivity (Wildman–Crippen MR) is 407 cm³/mol. The summed E-state index contributed by atoms with van der Waals surface area (Å²) in [6.07, 6.45) is 13.9. The minimum absolute atomic E-state index is 0.346. The highest BCUT2D eigenvalue weighted by atomic mass is 16.5. The zero-order valence-electron chi connectivity index (χ0n) is 59.3. The molecule has 16 nitrogen and oxygen atoms in total. The molecular formula is C84H92N8O8. The van der Waals surface area contributed by atoms with Crippen LogP contribution in [0.2, 0.25) is 0 Å². The molecule has 5 heterocycles. The van der Waals surface area contributed by atoms with Crippen LogP contribution in [0.15, 0.2) is 109 Å². The van der Waals surface area contributed by atoms with Gasteiger partial charge in [-0.25, -0.2) is 29.9 Å². The molecule has 0 amide bonds. The van der Waals surface area contributed by atoms with E-state index < -0.39 is 0 Å². The van der Waals surface area contributed by atoms with Gasteiger partial charge < -0.3 is 47.9 Å². The Labute approximate surface area is 584 Å². The Morgan fingerprint density at radius 3 is 0.670 bits per heavy atom. The highest BCUT2D eigenvalue weighted by Gasteiger charge is 2.36. The molecule has 9 aromatic carbocycles. The van der Waals surface area contributed by atoms with E-state index in [1.165, 1.54) is 0 Å². The van der Waals surface area contributed by atoms with Gasteiger partial charge in [0.15, 0.2) is 23.3 Å². The Bertz CT molecular complexity index is 4880. The highest BCUT2D eigenvalue weighted by Crippen LogP contribution is 2.57. The Balaban J connectivity index is 1.27. The molecule has 12 aromatic rings. The van der Waals surface area contributed by atoms with Gasteiger partial charge in [0.1, 0.15) is 68.6 Å². The fourth-order valence-corrected chi connectivity index (χ4v) is 13.7.